The Kier molecular flexibility index (Phi) is 9.10. The molecular formula is C12H18. The summed E-state index contributed by atoms with van der Waals surface area (Å²) < 4.78 is 0. The summed E-state index contributed by atoms with van der Waals surface area (Å²) in [6, 6.07) is 0. The van der Waals surface area contributed by atoms with Gasteiger partial charge in [0.05, 0.1) is 0 Å². The highest BCUT2D eigenvalue weighted by molar-refractivity contribution is 5.06. The molecule has 0 aliphatic heterocycles. The molecule has 0 aromatic heterocycles. The van der Waals surface area contributed by atoms with E-state index in [4.69, 9.17) is 0 Å². The summed E-state index contributed by atoms with van der Waals surface area (Å²) >= 11 is 0. The molecule has 0 nitrogen and oxygen atoms in total. The number of rotatable bonds is 5. The molecule has 0 aliphatic rings. The molecule has 0 N–H and O–H groups in total. The third-order valence-electron chi connectivity index (χ3n) is 1.40. The van der Waals surface area contributed by atoms with Crippen LogP contribution in [-0.2, 0) is 0 Å². The molecule has 0 unspecified atom stereocenters. The maximum Gasteiger partial charge on any atom is -0.0166 e. The van der Waals surface area contributed by atoms with Gasteiger partial charge >= 0.3 is 0 Å². The van der Waals surface area contributed by atoms with Gasteiger partial charge in [0.2, 0.25) is 0 Å². The second-order valence-electron chi connectivity index (χ2n) is 2.47. The fourth-order valence-corrected chi connectivity index (χ4v) is 0.744. The van der Waals surface area contributed by atoms with Gasteiger partial charge in [0, 0.05) is 0 Å². The zero-order chi connectivity index (χ0) is 9.07. The van der Waals surface area contributed by atoms with Gasteiger partial charge in [-0.15, -0.1) is 0 Å². The van der Waals surface area contributed by atoms with Gasteiger partial charge < -0.3 is 0 Å². The molecule has 0 radical (unpaired) electrons. The Labute approximate surface area is 76.0 Å². The van der Waals surface area contributed by atoms with Crippen molar-refractivity contribution in [3.05, 3.63) is 48.6 Å². The van der Waals surface area contributed by atoms with Crippen LogP contribution in [0.4, 0.5) is 0 Å². The van der Waals surface area contributed by atoms with Crippen LogP contribution in [0.2, 0.25) is 0 Å². The molecule has 12 heavy (non-hydrogen) atoms. The van der Waals surface area contributed by atoms with Crippen LogP contribution in [0.3, 0.4) is 0 Å². The Hall–Kier alpha value is -1.04. The van der Waals surface area contributed by atoms with E-state index in [2.05, 4.69) is 48.6 Å². The molecular weight excluding hydrogens is 144 g/mol. The fraction of sp³-hybridized carbons (Fsp3) is 0.333. The lowest BCUT2D eigenvalue weighted by atomic mass is 10.3. The average Bonchev–Trinajstić information content (AvgIpc) is 2.10. The van der Waals surface area contributed by atoms with E-state index in [1.807, 2.05) is 13.8 Å². The molecule has 0 spiro atoms. The number of hydrogen-bond donors (Lipinski definition) is 0. The monoisotopic (exact) mass is 162 g/mol. The summed E-state index contributed by atoms with van der Waals surface area (Å²) in [5.41, 5.74) is 0. The molecule has 0 amide bonds. The Morgan fingerprint density at radius 1 is 0.667 bits per heavy atom. The predicted molar refractivity (Wildman–Crippen MR) is 57.1 cm³/mol. The molecule has 0 saturated carbocycles. The zero-order valence-electron chi connectivity index (χ0n) is 8.03. The van der Waals surface area contributed by atoms with Crippen molar-refractivity contribution in [2.45, 2.75) is 26.7 Å². The maximum absolute atomic E-state index is 2.14. The first-order chi connectivity index (χ1) is 5.91. The van der Waals surface area contributed by atoms with E-state index in [1.165, 1.54) is 0 Å². The van der Waals surface area contributed by atoms with Gasteiger partial charge in [0.1, 0.15) is 0 Å². The summed E-state index contributed by atoms with van der Waals surface area (Å²) in [7, 11) is 0. The Balaban J connectivity index is 3.39. The summed E-state index contributed by atoms with van der Waals surface area (Å²) in [6.45, 7) is 4.07. The second-order valence-corrected chi connectivity index (χ2v) is 2.47. The van der Waals surface area contributed by atoms with Crippen molar-refractivity contribution in [2.75, 3.05) is 0 Å². The predicted octanol–water partition coefficient (Wildman–Crippen LogP) is 4.03. The quantitative estimate of drug-likeness (QED) is 0.423. The molecule has 0 aromatic carbocycles. The van der Waals surface area contributed by atoms with Gasteiger partial charge in [-0.05, 0) is 26.7 Å². The minimum Gasteiger partial charge on any atom is -0.0914 e. The third kappa shape index (κ3) is 8.96. The fourth-order valence-electron chi connectivity index (χ4n) is 0.744. The zero-order valence-corrected chi connectivity index (χ0v) is 8.03. The van der Waals surface area contributed by atoms with Crippen molar-refractivity contribution in [3.8, 4) is 0 Å². The van der Waals surface area contributed by atoms with E-state index < -0.39 is 0 Å². The van der Waals surface area contributed by atoms with Gasteiger partial charge in [0.25, 0.3) is 0 Å². The maximum atomic E-state index is 2.14. The molecule has 0 bridgehead atoms. The van der Waals surface area contributed by atoms with Gasteiger partial charge in [-0.1, -0.05) is 48.6 Å². The molecule has 0 fully saturated rings. The summed E-state index contributed by atoms with van der Waals surface area (Å²) in [5.74, 6) is 0. The minimum absolute atomic E-state index is 1.03. The average molecular weight is 162 g/mol. The highest BCUT2D eigenvalue weighted by atomic mass is 13.7. The van der Waals surface area contributed by atoms with Crippen LogP contribution in [0, 0.1) is 0 Å². The highest BCUT2D eigenvalue weighted by Gasteiger charge is 1.68. The first kappa shape index (κ1) is 11.0. The lowest BCUT2D eigenvalue weighted by Crippen LogP contribution is -1.58. The smallest absolute Gasteiger partial charge is 0.0166 e. The molecule has 0 rings (SSSR count). The summed E-state index contributed by atoms with van der Waals surface area (Å²) in [4.78, 5) is 0. The largest absolute Gasteiger partial charge is 0.0914 e. The van der Waals surface area contributed by atoms with Crippen LogP contribution >= 0.6 is 0 Å². The number of hydrogen-bond acceptors (Lipinski definition) is 0. The van der Waals surface area contributed by atoms with Gasteiger partial charge in [0.15, 0.2) is 0 Å². The second kappa shape index (κ2) is 9.96. The van der Waals surface area contributed by atoms with Crippen LogP contribution in [0.1, 0.15) is 26.7 Å². The van der Waals surface area contributed by atoms with Crippen molar-refractivity contribution in [1.82, 2.24) is 0 Å². The molecule has 0 saturated heterocycles. The van der Waals surface area contributed by atoms with E-state index in [0.29, 0.717) is 0 Å². The van der Waals surface area contributed by atoms with Crippen LogP contribution in [0.25, 0.3) is 0 Å². The van der Waals surface area contributed by atoms with E-state index in [0.717, 1.165) is 12.8 Å². The van der Waals surface area contributed by atoms with Gasteiger partial charge in [-0.3, -0.25) is 0 Å². The molecule has 0 atom stereocenters. The summed E-state index contributed by atoms with van der Waals surface area (Å²) in [5, 5.41) is 0. The van der Waals surface area contributed by atoms with E-state index >= 15 is 0 Å². The standard InChI is InChI=1S/C12H18/c1-3-5-7-9-11-12-10-8-6-4-2/h3-6,9-12H,7-8H2,1-2H3/b5-3+,6-4+,11-9+,12-10+. The number of allylic oxidation sites excluding steroid dienone is 8. The third-order valence-corrected chi connectivity index (χ3v) is 1.40. The Bertz CT molecular complexity index is 158. The van der Waals surface area contributed by atoms with Crippen molar-refractivity contribution >= 4 is 0 Å². The lowest BCUT2D eigenvalue weighted by Gasteiger charge is -1.79. The first-order valence-corrected chi connectivity index (χ1v) is 4.45. The minimum atomic E-state index is 1.03. The van der Waals surface area contributed by atoms with Crippen molar-refractivity contribution < 1.29 is 0 Å². The van der Waals surface area contributed by atoms with Gasteiger partial charge in [-0.2, -0.15) is 0 Å². The first-order valence-electron chi connectivity index (χ1n) is 4.45. The molecule has 0 heteroatoms. The molecule has 0 aliphatic carbocycles. The van der Waals surface area contributed by atoms with E-state index in [1.54, 1.807) is 0 Å². The molecule has 66 valence electrons. The van der Waals surface area contributed by atoms with Crippen LogP contribution < -0.4 is 0 Å². The Morgan fingerprint density at radius 2 is 1.08 bits per heavy atom. The van der Waals surface area contributed by atoms with Crippen molar-refractivity contribution in [2.24, 2.45) is 0 Å². The molecule has 0 aromatic rings. The van der Waals surface area contributed by atoms with Crippen LogP contribution in [0.15, 0.2) is 48.6 Å². The lowest BCUT2D eigenvalue weighted by molar-refractivity contribution is 1.36. The van der Waals surface area contributed by atoms with Gasteiger partial charge in [-0.25, -0.2) is 0 Å². The van der Waals surface area contributed by atoms with Crippen LogP contribution in [0.5, 0.6) is 0 Å². The van der Waals surface area contributed by atoms with Crippen molar-refractivity contribution in [3.63, 3.8) is 0 Å². The normalized spacial score (nSPS) is 13.2. The van der Waals surface area contributed by atoms with Crippen LogP contribution in [-0.4, -0.2) is 0 Å². The van der Waals surface area contributed by atoms with E-state index in [9.17, 15) is 0 Å². The topological polar surface area (TPSA) is 0 Å². The summed E-state index contributed by atoms with van der Waals surface area (Å²) in [6.07, 6.45) is 18.9. The highest BCUT2D eigenvalue weighted by Crippen LogP contribution is 1.89. The van der Waals surface area contributed by atoms with Crippen molar-refractivity contribution in [1.29, 1.82) is 0 Å². The molecule has 0 heterocycles. The van der Waals surface area contributed by atoms with E-state index in [-0.39, 0.29) is 0 Å². The Morgan fingerprint density at radius 3 is 1.42 bits per heavy atom. The SMILES string of the molecule is C/C=C/C/C=C/C=C/C/C=C/C.